The number of aliphatic hydroxyl groups is 1. The smallest absolute Gasteiger partial charge is 0.305 e. The fraction of sp³-hybridized carbons (Fsp3) is 0.438. The number of rotatable bonds is 27. The summed E-state index contributed by atoms with van der Waals surface area (Å²) in [6.07, 6.45) is -3.86. The van der Waals surface area contributed by atoms with Crippen LogP contribution in [-0.4, -0.2) is 309 Å². The molecule has 138 heavy (non-hydrogen) atoms. The highest BCUT2D eigenvalue weighted by molar-refractivity contribution is 8.00. The Balaban J connectivity index is 1.16. The number of nitrogens with two attached hydrogens (primary N) is 1. The van der Waals surface area contributed by atoms with Gasteiger partial charge in [-0.15, -0.1) is 11.8 Å². The van der Waals surface area contributed by atoms with Crippen LogP contribution < -0.4 is 53.6 Å². The number of halogens is 3. The van der Waals surface area contributed by atoms with Gasteiger partial charge in [0.15, 0.2) is 17.5 Å². The van der Waals surface area contributed by atoms with Crippen molar-refractivity contribution in [2.24, 2.45) is 11.7 Å². The van der Waals surface area contributed by atoms with Crippen LogP contribution in [0, 0.1) is 23.4 Å². The van der Waals surface area contributed by atoms with Crippen molar-refractivity contribution in [3.63, 3.8) is 0 Å². The number of fused-ring (bicyclic) bond motifs is 2. The molecule has 13 atom stereocenters. The van der Waals surface area contributed by atoms with Crippen molar-refractivity contribution in [3.05, 3.63) is 203 Å². The number of methoxy groups -OCH3 is 2. The predicted molar refractivity (Wildman–Crippen MR) is 498 cm³/mol. The van der Waals surface area contributed by atoms with Crippen LogP contribution in [0.1, 0.15) is 92.7 Å². The van der Waals surface area contributed by atoms with Gasteiger partial charge in [-0.1, -0.05) is 137 Å². The van der Waals surface area contributed by atoms with E-state index in [9.17, 15) is 58.4 Å². The molecule has 42 heteroatoms. The Hall–Kier alpha value is -14.0. The van der Waals surface area contributed by atoms with Gasteiger partial charge in [-0.05, 0) is 94.6 Å². The third kappa shape index (κ3) is 30.8. The number of nitrogens with zero attached hydrogens (tertiary/aromatic N) is 5. The van der Waals surface area contributed by atoms with E-state index < -0.39 is 253 Å². The van der Waals surface area contributed by atoms with Crippen LogP contribution in [0.2, 0.25) is 0 Å². The summed E-state index contributed by atoms with van der Waals surface area (Å²) in [7, 11) is 6.20. The van der Waals surface area contributed by atoms with E-state index in [1.165, 1.54) is 97.7 Å². The second-order valence-electron chi connectivity index (χ2n) is 34.3. The van der Waals surface area contributed by atoms with Crippen LogP contribution in [0.15, 0.2) is 152 Å². The normalized spacial score (nSPS) is 22.7. The highest BCUT2D eigenvalue weighted by atomic mass is 32.2. The van der Waals surface area contributed by atoms with Crippen LogP contribution in [-0.2, 0) is 125 Å². The molecule has 0 radical (unpaired) electrons. The predicted octanol–water partition coefficient (Wildman–Crippen LogP) is 1.25. The number of aromatic nitrogens is 1. The number of phenolic OH excluding ortho intramolecular Hbond substituents is 2. The van der Waals surface area contributed by atoms with E-state index in [0.717, 1.165) is 24.5 Å². The molecular formula is C96H119F3N16O22S. The summed E-state index contributed by atoms with van der Waals surface area (Å²) in [4.78, 5) is 246. The van der Waals surface area contributed by atoms with Gasteiger partial charge in [-0.2, -0.15) is 0 Å². The van der Waals surface area contributed by atoms with Crippen LogP contribution >= 0.6 is 11.8 Å². The van der Waals surface area contributed by atoms with E-state index in [4.69, 9.17) is 15.2 Å². The molecule has 1 aromatic heterocycles. The minimum Gasteiger partial charge on any atom is -0.508 e. The number of benzene rings is 6. The zero-order valence-electron chi connectivity index (χ0n) is 77.7. The third-order valence-electron chi connectivity index (χ3n) is 23.7. The van der Waals surface area contributed by atoms with Crippen LogP contribution in [0.25, 0.3) is 10.9 Å². The Morgan fingerprint density at radius 1 is 0.529 bits per heavy atom. The molecule has 2 fully saturated rings. The zero-order valence-corrected chi connectivity index (χ0v) is 78.5. The van der Waals surface area contributed by atoms with E-state index in [1.54, 1.807) is 98.0 Å². The summed E-state index contributed by atoms with van der Waals surface area (Å²) in [5.41, 5.74) is 7.61. The fourth-order valence-electron chi connectivity index (χ4n) is 16.1. The maximum Gasteiger partial charge on any atom is 0.305 e. The number of unbranched alkanes of at least 4 members (excludes halogenated alkanes) is 1. The van der Waals surface area contributed by atoms with Crippen molar-refractivity contribution in [1.82, 2.24) is 77.3 Å². The lowest BCUT2D eigenvalue weighted by molar-refractivity contribution is -0.152. The molecule has 9 rings (SSSR count). The molecule has 0 spiro atoms. The first kappa shape index (κ1) is 108. The molecule has 6 aromatic carbocycles. The van der Waals surface area contributed by atoms with Crippen LogP contribution in [0.5, 0.6) is 11.5 Å². The number of carbonyl (C=O) groups excluding carboxylic acids is 15. The Morgan fingerprint density at radius 2 is 1.04 bits per heavy atom. The van der Waals surface area contributed by atoms with Gasteiger partial charge in [-0.3, -0.25) is 76.7 Å². The number of carboxylic acids is 1. The highest BCUT2D eigenvalue weighted by Gasteiger charge is 2.46. The summed E-state index contributed by atoms with van der Waals surface area (Å²) < 4.78 is 55.9. The number of nitrogens with one attached hydrogen (secondary N) is 10. The minimum atomic E-state index is -2.01. The summed E-state index contributed by atoms with van der Waals surface area (Å²) in [5.74, 6) is -25.2. The summed E-state index contributed by atoms with van der Waals surface area (Å²) in [6.45, 7) is 1.61. The molecule has 2 aliphatic heterocycles. The zero-order chi connectivity index (χ0) is 101. The number of hydrogen-bond acceptors (Lipinski definition) is 22. The fourth-order valence-corrected chi connectivity index (χ4v) is 17.0. The largest absolute Gasteiger partial charge is 0.508 e. The number of phenols is 2. The van der Waals surface area contributed by atoms with E-state index in [1.807, 2.05) is 0 Å². The van der Waals surface area contributed by atoms with Crippen molar-refractivity contribution in [2.45, 2.75) is 176 Å². The van der Waals surface area contributed by atoms with Gasteiger partial charge in [0.05, 0.1) is 38.0 Å². The number of ether oxygens (including phenoxy) is 2. The highest BCUT2D eigenvalue weighted by Crippen LogP contribution is 2.28. The average Bonchev–Trinajstić information content (AvgIpc) is 1.64. The molecule has 7 aromatic rings. The number of aromatic amines is 1. The van der Waals surface area contributed by atoms with Crippen LogP contribution in [0.4, 0.5) is 13.2 Å². The van der Waals surface area contributed by atoms with E-state index >= 15 is 51.9 Å². The van der Waals surface area contributed by atoms with Gasteiger partial charge in [0, 0.05) is 123 Å². The van der Waals surface area contributed by atoms with Gasteiger partial charge in [0.1, 0.15) is 84.0 Å². The molecule has 3 heterocycles. The van der Waals surface area contributed by atoms with Crippen molar-refractivity contribution < 1.29 is 120 Å². The third-order valence-corrected chi connectivity index (χ3v) is 24.7. The second kappa shape index (κ2) is 51.8. The molecule has 0 unspecified atom stereocenters. The van der Waals surface area contributed by atoms with Gasteiger partial charge < -0.3 is 113 Å². The number of carboxylic acid groups (broad SMARTS) is 1. The first-order chi connectivity index (χ1) is 65.8. The maximum atomic E-state index is 15.8. The molecule has 742 valence electrons. The van der Waals surface area contributed by atoms with Gasteiger partial charge >= 0.3 is 5.97 Å². The monoisotopic (exact) mass is 1940 g/mol. The number of amides is 15. The first-order valence-electron chi connectivity index (χ1n) is 44.9. The number of hydrogen-bond donors (Lipinski definition) is 15. The molecule has 2 saturated heterocycles. The second-order valence-corrected chi connectivity index (χ2v) is 35.3. The van der Waals surface area contributed by atoms with Crippen molar-refractivity contribution >= 4 is 117 Å². The topological polar surface area (TPSA) is 539 Å². The van der Waals surface area contributed by atoms with Crippen molar-refractivity contribution in [1.29, 1.82) is 0 Å². The number of H-pyrrole nitrogens is 1. The first-order valence-corrected chi connectivity index (χ1v) is 46.1. The van der Waals surface area contributed by atoms with E-state index in [-0.39, 0.29) is 81.8 Å². The number of aliphatic hydroxyl groups excluding tert-OH is 1. The minimum absolute atomic E-state index is 0.114. The Bertz CT molecular complexity index is 5440. The molecule has 15 amide bonds. The number of aromatic hydroxyl groups is 2. The lowest BCUT2D eigenvalue weighted by Gasteiger charge is -2.37. The van der Waals surface area contributed by atoms with Crippen molar-refractivity contribution in [3.8, 4) is 11.5 Å². The Morgan fingerprint density at radius 3 is 1.62 bits per heavy atom. The maximum absolute atomic E-state index is 15.8. The SMILES string of the molecule is CCCC[C@H]1C(=O)N(CCOC)CC(=O)N[C@@H](CC(=O)O)C(=O)N[C@@H](C(C)C)C(=O)N(C)[C@@H](Cc2ccccc2)C(=O)N[C@@H](Cc2ccc(O)cc2)C(=O)N2C[C@H](O)C[C@@H]2C(=O)N[C@@H](Cc2c[nH]c3ccccc23)C(=O)N[C@@H](Cc2ccc(O)cc2)C(=O)N[C@@H](CCOC)C(=O)N[C@H](C(=O)NCC(N)=O)CSCC(=O)N[C@@H](Cc2cc(F)c(F)c(F)c2)C(=O)N(C)[C@@H](Cc2ccccc2)C(=O)N1C. The van der Waals surface area contributed by atoms with Crippen molar-refractivity contribution in [2.75, 3.05) is 86.3 Å². The standard InChI is InChI=1S/C96H119F3N16O22S/c1-9-10-25-75-95(134)114(35-37-137-8)51-80(120)103-71(47-82(122)123)89(128)110-84(54(2)3)96(135)112(5)76(43-55-19-13-11-14-20-55)90(129)108-73(41-58-28-32-62(117)33-29-58)93(132)115-50-63(118)46-77(115)91(130)107-70(45-60-48-101-67-24-18-17-23-64(60)67)88(127)106-69(40-57-26-30-61(116)31-27-57)87(126)105-68(34-36-136-7)86(125)109-74(85(124)102-49-79(100)119)52-138-53-81(121)104-72(42-59-38-65(97)83(99)66(98)39-59)92(131)113(6)78(94(133)111(75)4)44-56-21-15-12-16-22-56/h11-24,26-33,38-39,48,54,63,68-78,84,101,116-118H,9-10,25,34-37,40-47,49-53H2,1-8H3,(H2,100,119)(H,102,124)(H,103,120)(H,104,121)(H,105,126)(H,106,127)(H,107,130)(H,108,129)(H,109,125)(H,110,128)(H,122,123)/t63-,68+,69+,70+,71+,72+,73+,74+,75+,76+,77-,78+,84+/m1/s1. The number of aliphatic carboxylic acids is 1. The number of thioether (sulfide) groups is 1. The number of likely N-dealkylation sites (N-methyl/N-ethyl adjacent to an activating group) is 3. The molecule has 0 bridgehead atoms. The van der Waals surface area contributed by atoms with Gasteiger partial charge in [0.25, 0.3) is 0 Å². The Kier molecular flexibility index (Phi) is 40.4. The molecule has 16 N–H and O–H groups in total. The lowest BCUT2D eigenvalue weighted by Crippen LogP contribution is -2.62. The summed E-state index contributed by atoms with van der Waals surface area (Å²) in [6, 6.07) is 14.8. The molecule has 38 nitrogen and oxygen atoms in total. The molecule has 2 aliphatic rings. The lowest BCUT2D eigenvalue weighted by atomic mass is 9.98. The molecule has 0 saturated carbocycles. The summed E-state index contributed by atoms with van der Waals surface area (Å²) >= 11 is 0.635. The number of carbonyl (C=O) groups is 16. The Labute approximate surface area is 798 Å². The van der Waals surface area contributed by atoms with E-state index in [0.29, 0.717) is 69.0 Å². The van der Waals surface area contributed by atoms with Gasteiger partial charge in [-0.25, -0.2) is 13.2 Å². The molecule has 0 aliphatic carbocycles. The average molecular weight is 1940 g/mol. The summed E-state index contributed by atoms with van der Waals surface area (Å²) in [5, 5.41) is 66.7. The van der Waals surface area contributed by atoms with Crippen LogP contribution in [0.3, 0.4) is 0 Å². The number of primary amides is 1. The van der Waals surface area contributed by atoms with Gasteiger partial charge in [0.2, 0.25) is 88.6 Å². The number of para-hydroxylation sites is 1. The quantitative estimate of drug-likeness (QED) is 0.0322. The molecular weight excluding hydrogens is 1820 g/mol. The van der Waals surface area contributed by atoms with E-state index in [2.05, 4.69) is 52.8 Å².